The number of fused-ring (bicyclic) bond motifs is 3. The van der Waals surface area contributed by atoms with Crippen LogP contribution in [0.1, 0.15) is 51.2 Å². The number of carbonyl (C=O) groups excluding carboxylic acids is 1. The molecule has 0 bridgehead atoms. The van der Waals surface area contributed by atoms with Crippen molar-refractivity contribution in [3.05, 3.63) is 92.6 Å². The molecule has 1 N–H and O–H groups in total. The number of halogens is 1. The molecular weight excluding hydrogens is 480 g/mol. The van der Waals surface area contributed by atoms with Gasteiger partial charge in [-0.25, -0.2) is 0 Å². The lowest BCUT2D eigenvalue weighted by Crippen LogP contribution is -2.21. The van der Waals surface area contributed by atoms with Gasteiger partial charge < -0.3 is 5.32 Å². The summed E-state index contributed by atoms with van der Waals surface area (Å²) in [5.41, 5.74) is 4.55. The van der Waals surface area contributed by atoms with Gasteiger partial charge in [0.05, 0.1) is 17.0 Å². The Kier molecular flexibility index (Phi) is 6.20. The van der Waals surface area contributed by atoms with E-state index in [1.807, 2.05) is 47.9 Å². The Morgan fingerprint density at radius 3 is 2.57 bits per heavy atom. The molecule has 9 heteroatoms. The number of aliphatic imine (C=N–C) groups is 1. The van der Waals surface area contributed by atoms with Crippen LogP contribution in [0.25, 0.3) is 5.00 Å². The van der Waals surface area contributed by atoms with Gasteiger partial charge in [0.15, 0.2) is 5.82 Å². The first-order valence-electron chi connectivity index (χ1n) is 11.0. The number of hydrogen-bond donors (Lipinski definition) is 1. The van der Waals surface area contributed by atoms with Crippen molar-refractivity contribution in [2.24, 2.45) is 4.99 Å². The summed E-state index contributed by atoms with van der Waals surface area (Å²) in [6.45, 7) is 3.96. The van der Waals surface area contributed by atoms with Crippen LogP contribution in [0.4, 0.5) is 0 Å². The zero-order chi connectivity index (χ0) is 24.5. The van der Waals surface area contributed by atoms with Gasteiger partial charge in [-0.3, -0.25) is 19.3 Å². The van der Waals surface area contributed by atoms with Gasteiger partial charge in [-0.05, 0) is 43.7 Å². The predicted octanol–water partition coefficient (Wildman–Crippen LogP) is 4.42. The van der Waals surface area contributed by atoms with E-state index in [0.717, 1.165) is 43.7 Å². The van der Waals surface area contributed by atoms with E-state index < -0.39 is 6.04 Å². The van der Waals surface area contributed by atoms with Crippen molar-refractivity contribution in [1.29, 1.82) is 0 Å². The first kappa shape index (κ1) is 23.0. The van der Waals surface area contributed by atoms with Crippen molar-refractivity contribution in [2.75, 3.05) is 7.05 Å². The highest BCUT2D eigenvalue weighted by Crippen LogP contribution is 2.39. The first-order valence-corrected chi connectivity index (χ1v) is 12.2. The number of amides is 1. The maximum Gasteiger partial charge on any atom is 0.222 e. The van der Waals surface area contributed by atoms with Crippen molar-refractivity contribution in [3.8, 4) is 16.8 Å². The number of hydrogen-bond acceptors (Lipinski definition) is 6. The molecular formula is C26H21ClN6OS. The number of aromatic nitrogens is 4. The number of pyridine rings is 1. The molecule has 0 saturated heterocycles. The highest BCUT2D eigenvalue weighted by atomic mass is 35.5. The summed E-state index contributed by atoms with van der Waals surface area (Å²) in [4.78, 5) is 22.5. The molecule has 0 unspecified atom stereocenters. The fourth-order valence-electron chi connectivity index (χ4n) is 3.98. The normalized spacial score (nSPS) is 14.2. The lowest BCUT2D eigenvalue weighted by molar-refractivity contribution is -0.121. The maximum absolute atomic E-state index is 12.4. The van der Waals surface area contributed by atoms with Gasteiger partial charge in [0.25, 0.3) is 0 Å². The molecule has 1 aliphatic heterocycles. The predicted molar refractivity (Wildman–Crippen MR) is 137 cm³/mol. The second-order valence-corrected chi connectivity index (χ2v) is 9.48. The maximum atomic E-state index is 12.4. The van der Waals surface area contributed by atoms with Crippen molar-refractivity contribution in [3.63, 3.8) is 0 Å². The Morgan fingerprint density at radius 1 is 1.11 bits per heavy atom. The second-order valence-electron chi connectivity index (χ2n) is 8.04. The zero-order valence-corrected chi connectivity index (χ0v) is 20.9. The summed E-state index contributed by atoms with van der Waals surface area (Å²) in [5.74, 6) is 7.80. The Labute approximate surface area is 211 Å². The third-order valence-electron chi connectivity index (χ3n) is 5.78. The number of carbonyl (C=O) groups is 1. The van der Waals surface area contributed by atoms with Crippen LogP contribution in [0.2, 0.25) is 5.02 Å². The van der Waals surface area contributed by atoms with Crippen LogP contribution in [-0.2, 0) is 4.79 Å². The van der Waals surface area contributed by atoms with Crippen molar-refractivity contribution in [1.82, 2.24) is 25.1 Å². The molecule has 1 atom stereocenters. The average Bonchev–Trinajstić information content (AvgIpc) is 3.36. The van der Waals surface area contributed by atoms with Crippen LogP contribution >= 0.6 is 22.9 Å². The molecule has 5 rings (SSSR count). The Bertz CT molecular complexity index is 1510. The van der Waals surface area contributed by atoms with E-state index in [0.29, 0.717) is 10.8 Å². The van der Waals surface area contributed by atoms with Gasteiger partial charge in [0.1, 0.15) is 16.9 Å². The molecule has 0 saturated carbocycles. The van der Waals surface area contributed by atoms with Crippen LogP contribution in [0.5, 0.6) is 0 Å². The third-order valence-corrected chi connectivity index (χ3v) is 7.22. The van der Waals surface area contributed by atoms with Gasteiger partial charge in [-0.15, -0.1) is 21.5 Å². The number of aryl methyl sites for hydroxylation is 1. The van der Waals surface area contributed by atoms with E-state index >= 15 is 0 Å². The SMILES string of the molecule is CNC(=O)C[C@@H]1N=C(c2ccc(Cl)cc2)c2c(sc(C#Cc3ccncc3)c2C)-n2c(C)nnc21. The second kappa shape index (κ2) is 9.45. The molecule has 0 aliphatic carbocycles. The molecule has 0 spiro atoms. The molecule has 0 radical (unpaired) electrons. The fraction of sp³-hybridized carbons (Fsp3) is 0.192. The average molecular weight is 501 g/mol. The summed E-state index contributed by atoms with van der Waals surface area (Å²) in [7, 11) is 1.62. The largest absolute Gasteiger partial charge is 0.359 e. The van der Waals surface area contributed by atoms with Gasteiger partial charge in [-0.1, -0.05) is 35.6 Å². The fourth-order valence-corrected chi connectivity index (χ4v) is 5.33. The van der Waals surface area contributed by atoms with Crippen molar-refractivity contribution >= 4 is 34.6 Å². The molecule has 0 fully saturated rings. The van der Waals surface area contributed by atoms with Gasteiger partial charge in [0.2, 0.25) is 5.91 Å². The molecule has 1 amide bonds. The van der Waals surface area contributed by atoms with Crippen molar-refractivity contribution in [2.45, 2.75) is 26.3 Å². The Balaban J connectivity index is 1.74. The lowest BCUT2D eigenvalue weighted by Gasteiger charge is -2.12. The van der Waals surface area contributed by atoms with Gasteiger partial charge in [0, 0.05) is 41.2 Å². The smallest absolute Gasteiger partial charge is 0.222 e. The number of rotatable bonds is 3. The molecule has 1 aliphatic rings. The molecule has 4 aromatic rings. The lowest BCUT2D eigenvalue weighted by atomic mass is 9.99. The minimum Gasteiger partial charge on any atom is -0.359 e. The minimum atomic E-state index is -0.493. The molecule has 174 valence electrons. The van der Waals surface area contributed by atoms with Crippen LogP contribution in [0, 0.1) is 25.7 Å². The monoisotopic (exact) mass is 500 g/mol. The molecule has 35 heavy (non-hydrogen) atoms. The third kappa shape index (κ3) is 4.36. The van der Waals surface area contributed by atoms with E-state index in [4.69, 9.17) is 16.6 Å². The first-order chi connectivity index (χ1) is 17.0. The molecule has 3 aromatic heterocycles. The Hall–Kier alpha value is -3.80. The number of thiophene rings is 1. The summed E-state index contributed by atoms with van der Waals surface area (Å²) >= 11 is 7.75. The summed E-state index contributed by atoms with van der Waals surface area (Å²) in [5, 5.41) is 13.0. The van der Waals surface area contributed by atoms with Crippen LogP contribution < -0.4 is 5.32 Å². The van der Waals surface area contributed by atoms with E-state index in [-0.39, 0.29) is 12.3 Å². The molecule has 1 aromatic carbocycles. The van der Waals surface area contributed by atoms with Gasteiger partial charge in [-0.2, -0.15) is 0 Å². The van der Waals surface area contributed by atoms with Crippen molar-refractivity contribution < 1.29 is 4.79 Å². The highest BCUT2D eigenvalue weighted by Gasteiger charge is 2.32. The minimum absolute atomic E-state index is 0.118. The Morgan fingerprint density at radius 2 is 1.86 bits per heavy atom. The van der Waals surface area contributed by atoms with E-state index in [9.17, 15) is 4.79 Å². The standard InChI is InChI=1S/C26H21ClN6OS/c1-15-21(9-4-17-10-12-29-13-11-17)35-26-23(15)24(18-5-7-19(27)8-6-18)30-20(14-22(34)28-3)25-32-31-16(2)33(25)26/h5-8,10-13,20H,14H2,1-3H3,(H,28,34)/t20-/m0/s1. The molecule has 4 heterocycles. The van der Waals surface area contributed by atoms with Gasteiger partial charge >= 0.3 is 0 Å². The number of nitrogens with one attached hydrogen (secondary N) is 1. The summed E-state index contributed by atoms with van der Waals surface area (Å²) in [6.07, 6.45) is 3.62. The summed E-state index contributed by atoms with van der Waals surface area (Å²) in [6, 6.07) is 10.8. The zero-order valence-electron chi connectivity index (χ0n) is 19.3. The van der Waals surface area contributed by atoms with Crippen LogP contribution in [0.3, 0.4) is 0 Å². The number of nitrogens with zero attached hydrogens (tertiary/aromatic N) is 5. The van der Waals surface area contributed by atoms with E-state index in [1.54, 1.807) is 30.8 Å². The van der Waals surface area contributed by atoms with Crippen LogP contribution in [0.15, 0.2) is 53.8 Å². The molecule has 7 nitrogen and oxygen atoms in total. The highest BCUT2D eigenvalue weighted by molar-refractivity contribution is 7.15. The topological polar surface area (TPSA) is 85.1 Å². The quantitative estimate of drug-likeness (QED) is 0.422. The van der Waals surface area contributed by atoms with Crippen LogP contribution in [-0.4, -0.2) is 38.4 Å². The summed E-state index contributed by atoms with van der Waals surface area (Å²) < 4.78 is 2.00. The van der Waals surface area contributed by atoms with E-state index in [1.165, 1.54) is 0 Å². The number of benzene rings is 1. The van der Waals surface area contributed by atoms with E-state index in [2.05, 4.69) is 39.3 Å².